The predicted molar refractivity (Wildman–Crippen MR) is 63.3 cm³/mol. The number of nitrogens with two attached hydrogens (primary N) is 1. The highest BCUT2D eigenvalue weighted by atomic mass is 35.5. The summed E-state index contributed by atoms with van der Waals surface area (Å²) < 4.78 is 1.82. The van der Waals surface area contributed by atoms with Gasteiger partial charge >= 0.3 is 0 Å². The predicted octanol–water partition coefficient (Wildman–Crippen LogP) is 2.87. The molecule has 0 spiro atoms. The van der Waals surface area contributed by atoms with Crippen LogP contribution in [0.25, 0.3) is 5.65 Å². The summed E-state index contributed by atoms with van der Waals surface area (Å²) in [6.45, 7) is 6.33. The maximum absolute atomic E-state index is 6.06. The first-order valence-corrected chi connectivity index (χ1v) is 5.21. The molecular weight excluding hydrogens is 210 g/mol. The van der Waals surface area contributed by atoms with E-state index in [0.29, 0.717) is 10.8 Å². The smallest absolute Gasteiger partial charge is 0.161 e. The minimum Gasteiger partial charge on any atom is -0.396 e. The molecule has 0 unspecified atom stereocenters. The lowest BCUT2D eigenvalue weighted by Gasteiger charge is -2.13. The molecule has 15 heavy (non-hydrogen) atoms. The fourth-order valence-corrected chi connectivity index (χ4v) is 1.61. The second kappa shape index (κ2) is 3.14. The molecule has 2 aromatic rings. The van der Waals surface area contributed by atoms with E-state index in [2.05, 4.69) is 25.8 Å². The third-order valence-corrected chi connectivity index (χ3v) is 2.67. The number of fused-ring (bicyclic) bond motifs is 1. The Morgan fingerprint density at radius 1 is 1.33 bits per heavy atom. The fourth-order valence-electron chi connectivity index (χ4n) is 1.42. The van der Waals surface area contributed by atoms with Gasteiger partial charge in [-0.05, 0) is 12.1 Å². The number of rotatable bonds is 0. The monoisotopic (exact) mass is 223 g/mol. The molecule has 3 nitrogen and oxygen atoms in total. The Kier molecular flexibility index (Phi) is 2.15. The van der Waals surface area contributed by atoms with Crippen LogP contribution in [0, 0.1) is 0 Å². The molecule has 2 aromatic heterocycles. The van der Waals surface area contributed by atoms with Gasteiger partial charge in [-0.15, -0.1) is 0 Å². The molecule has 0 saturated heterocycles. The molecule has 0 amide bonds. The van der Waals surface area contributed by atoms with Crippen LogP contribution in [0.1, 0.15) is 26.5 Å². The Labute approximate surface area is 93.9 Å². The maximum Gasteiger partial charge on any atom is 0.161 e. The van der Waals surface area contributed by atoms with Crippen molar-refractivity contribution in [1.82, 2.24) is 9.38 Å². The van der Waals surface area contributed by atoms with Crippen molar-refractivity contribution in [2.24, 2.45) is 0 Å². The van der Waals surface area contributed by atoms with Crippen LogP contribution in [-0.4, -0.2) is 9.38 Å². The average Bonchev–Trinajstić information content (AvgIpc) is 2.56. The second-order valence-electron chi connectivity index (χ2n) is 4.68. The molecular formula is C11H14ClN3. The molecule has 0 saturated carbocycles. The SMILES string of the molecule is CC(C)(C)c1cn2c(Cl)ccc(N)c2n1. The molecule has 0 aliphatic heterocycles. The van der Waals surface area contributed by atoms with Gasteiger partial charge in [-0.1, -0.05) is 32.4 Å². The highest BCUT2D eigenvalue weighted by molar-refractivity contribution is 6.29. The van der Waals surface area contributed by atoms with E-state index in [0.717, 1.165) is 11.3 Å². The molecule has 80 valence electrons. The van der Waals surface area contributed by atoms with Gasteiger partial charge in [0.2, 0.25) is 0 Å². The largest absolute Gasteiger partial charge is 0.396 e. The molecule has 2 N–H and O–H groups in total. The standard InChI is InChI=1S/C11H14ClN3/c1-11(2,3)8-6-15-9(12)5-4-7(13)10(15)14-8/h4-6H,13H2,1-3H3. The van der Waals surface area contributed by atoms with Crippen LogP contribution in [0.3, 0.4) is 0 Å². The van der Waals surface area contributed by atoms with E-state index in [-0.39, 0.29) is 5.41 Å². The van der Waals surface area contributed by atoms with E-state index in [1.165, 1.54) is 0 Å². The van der Waals surface area contributed by atoms with Crippen molar-refractivity contribution in [1.29, 1.82) is 0 Å². The molecule has 0 fully saturated rings. The number of imidazole rings is 1. The molecule has 4 heteroatoms. The van der Waals surface area contributed by atoms with Gasteiger partial charge < -0.3 is 5.73 Å². The number of hydrogen-bond donors (Lipinski definition) is 1. The number of nitrogens with zero attached hydrogens (tertiary/aromatic N) is 2. The van der Waals surface area contributed by atoms with Crippen LogP contribution >= 0.6 is 11.6 Å². The lowest BCUT2D eigenvalue weighted by atomic mass is 9.93. The van der Waals surface area contributed by atoms with Gasteiger partial charge in [0, 0.05) is 11.6 Å². The Morgan fingerprint density at radius 3 is 2.53 bits per heavy atom. The van der Waals surface area contributed by atoms with Gasteiger partial charge in [-0.2, -0.15) is 0 Å². The average molecular weight is 224 g/mol. The third kappa shape index (κ3) is 1.67. The molecule has 0 aliphatic carbocycles. The molecule has 0 atom stereocenters. The van der Waals surface area contributed by atoms with Crippen molar-refractivity contribution in [3.05, 3.63) is 29.2 Å². The Bertz CT molecular complexity index is 469. The van der Waals surface area contributed by atoms with E-state index in [9.17, 15) is 0 Å². The molecule has 0 radical (unpaired) electrons. The van der Waals surface area contributed by atoms with Gasteiger partial charge in [0.25, 0.3) is 0 Å². The van der Waals surface area contributed by atoms with E-state index in [4.69, 9.17) is 17.3 Å². The number of pyridine rings is 1. The van der Waals surface area contributed by atoms with Crippen molar-refractivity contribution in [3.63, 3.8) is 0 Å². The minimum absolute atomic E-state index is 0.00177. The topological polar surface area (TPSA) is 43.3 Å². The number of nitrogen functional groups attached to an aromatic ring is 1. The van der Waals surface area contributed by atoms with E-state index < -0.39 is 0 Å². The summed E-state index contributed by atoms with van der Waals surface area (Å²) in [6.07, 6.45) is 1.94. The Balaban J connectivity index is 2.76. The van der Waals surface area contributed by atoms with Crippen LogP contribution in [0.15, 0.2) is 18.3 Å². The lowest BCUT2D eigenvalue weighted by Crippen LogP contribution is -2.11. The van der Waals surface area contributed by atoms with E-state index in [1.54, 1.807) is 12.1 Å². The normalized spacial score (nSPS) is 12.3. The highest BCUT2D eigenvalue weighted by Crippen LogP contribution is 2.25. The van der Waals surface area contributed by atoms with Crippen LogP contribution in [-0.2, 0) is 5.41 Å². The minimum atomic E-state index is 0.00177. The zero-order valence-corrected chi connectivity index (χ0v) is 9.84. The van der Waals surface area contributed by atoms with E-state index in [1.807, 2.05) is 10.6 Å². The lowest BCUT2D eigenvalue weighted by molar-refractivity contribution is 0.573. The summed E-state index contributed by atoms with van der Waals surface area (Å²) >= 11 is 6.06. The fraction of sp³-hybridized carbons (Fsp3) is 0.364. The number of anilines is 1. The third-order valence-electron chi connectivity index (χ3n) is 2.36. The summed E-state index contributed by atoms with van der Waals surface area (Å²) in [6, 6.07) is 3.55. The summed E-state index contributed by atoms with van der Waals surface area (Å²) in [5, 5.41) is 0.627. The first-order chi connectivity index (χ1) is 6.89. The van der Waals surface area contributed by atoms with Crippen molar-refractivity contribution < 1.29 is 0 Å². The Hall–Kier alpha value is -1.22. The van der Waals surface area contributed by atoms with Crippen LogP contribution in [0.4, 0.5) is 5.69 Å². The van der Waals surface area contributed by atoms with Crippen molar-refractivity contribution >= 4 is 22.9 Å². The zero-order valence-electron chi connectivity index (χ0n) is 9.08. The quantitative estimate of drug-likeness (QED) is 0.698. The molecule has 2 rings (SSSR count). The maximum atomic E-state index is 6.06. The summed E-state index contributed by atoms with van der Waals surface area (Å²) in [7, 11) is 0. The van der Waals surface area contributed by atoms with Gasteiger partial charge in [-0.3, -0.25) is 4.40 Å². The van der Waals surface area contributed by atoms with Gasteiger partial charge in [0.15, 0.2) is 5.65 Å². The van der Waals surface area contributed by atoms with Crippen LogP contribution in [0.2, 0.25) is 5.15 Å². The Morgan fingerprint density at radius 2 is 2.00 bits per heavy atom. The highest BCUT2D eigenvalue weighted by Gasteiger charge is 2.18. The first-order valence-electron chi connectivity index (χ1n) is 4.83. The molecule has 0 bridgehead atoms. The first kappa shape index (κ1) is 10.3. The van der Waals surface area contributed by atoms with Crippen molar-refractivity contribution in [2.75, 3.05) is 5.73 Å². The summed E-state index contributed by atoms with van der Waals surface area (Å²) in [4.78, 5) is 4.50. The van der Waals surface area contributed by atoms with Crippen LogP contribution in [0.5, 0.6) is 0 Å². The van der Waals surface area contributed by atoms with Gasteiger partial charge in [0.05, 0.1) is 11.4 Å². The van der Waals surface area contributed by atoms with Gasteiger partial charge in [0.1, 0.15) is 5.15 Å². The van der Waals surface area contributed by atoms with Crippen LogP contribution < -0.4 is 5.73 Å². The molecule has 2 heterocycles. The second-order valence-corrected chi connectivity index (χ2v) is 5.07. The number of aromatic nitrogens is 2. The number of halogens is 1. The van der Waals surface area contributed by atoms with E-state index >= 15 is 0 Å². The van der Waals surface area contributed by atoms with Crippen molar-refractivity contribution in [3.8, 4) is 0 Å². The summed E-state index contributed by atoms with van der Waals surface area (Å²) in [5.41, 5.74) is 8.21. The summed E-state index contributed by atoms with van der Waals surface area (Å²) in [5.74, 6) is 0. The number of hydrogen-bond acceptors (Lipinski definition) is 2. The van der Waals surface area contributed by atoms with Gasteiger partial charge in [-0.25, -0.2) is 4.98 Å². The van der Waals surface area contributed by atoms with Crippen molar-refractivity contribution in [2.45, 2.75) is 26.2 Å². The zero-order chi connectivity index (χ0) is 11.2. The molecule has 0 aliphatic rings. The molecule has 0 aromatic carbocycles.